The number of nitrogens with zero attached hydrogens (tertiary/aromatic N) is 2. The molecule has 1 heterocycles. The van der Waals surface area contributed by atoms with Crippen LogP contribution in [0.2, 0.25) is 0 Å². The standard InChI is InChI=1S/C13H25N3O3S/c1-3-5-13(6-4-2,11(14)15-18)12(17)16-7-9-20(19)10-8-16/h18H,3-10H2,1-2H3,(H2,14,15). The molecule has 1 aliphatic rings. The first-order valence-corrected chi connectivity index (χ1v) is 8.63. The maximum atomic E-state index is 12.9. The van der Waals surface area contributed by atoms with Crippen LogP contribution in [-0.2, 0) is 15.6 Å². The van der Waals surface area contributed by atoms with Gasteiger partial charge in [0.25, 0.3) is 0 Å². The zero-order chi connectivity index (χ0) is 15.2. The molecule has 0 atom stereocenters. The van der Waals surface area contributed by atoms with Gasteiger partial charge in [0.15, 0.2) is 5.84 Å². The number of amides is 1. The molecule has 3 N–H and O–H groups in total. The summed E-state index contributed by atoms with van der Waals surface area (Å²) < 4.78 is 11.4. The lowest BCUT2D eigenvalue weighted by molar-refractivity contribution is -0.139. The van der Waals surface area contributed by atoms with E-state index in [1.54, 1.807) is 4.90 Å². The van der Waals surface area contributed by atoms with Crippen molar-refractivity contribution < 1.29 is 14.2 Å². The number of rotatable bonds is 6. The molecule has 1 aliphatic heterocycles. The zero-order valence-electron chi connectivity index (χ0n) is 12.3. The normalized spacial score (nSPS) is 18.3. The van der Waals surface area contributed by atoms with Crippen molar-refractivity contribution >= 4 is 22.5 Å². The third-order valence-electron chi connectivity index (χ3n) is 3.83. The van der Waals surface area contributed by atoms with E-state index in [0.717, 1.165) is 12.8 Å². The quantitative estimate of drug-likeness (QED) is 0.330. The molecule has 6 nitrogen and oxygen atoms in total. The smallest absolute Gasteiger partial charge is 0.236 e. The van der Waals surface area contributed by atoms with E-state index in [1.165, 1.54) is 0 Å². The summed E-state index contributed by atoms with van der Waals surface area (Å²) in [5.74, 6) is 0.929. The van der Waals surface area contributed by atoms with E-state index < -0.39 is 16.2 Å². The second-order valence-electron chi connectivity index (χ2n) is 5.21. The number of hydrogen-bond acceptors (Lipinski definition) is 4. The Hall–Kier alpha value is -1.11. The largest absolute Gasteiger partial charge is 0.409 e. The molecule has 1 amide bonds. The van der Waals surface area contributed by atoms with E-state index >= 15 is 0 Å². The van der Waals surface area contributed by atoms with Crippen LogP contribution in [0.1, 0.15) is 39.5 Å². The Bertz CT molecular complexity index is 382. The third-order valence-corrected chi connectivity index (χ3v) is 5.10. The van der Waals surface area contributed by atoms with Gasteiger partial charge >= 0.3 is 0 Å². The molecule has 0 saturated carbocycles. The first kappa shape index (κ1) is 16.9. The summed E-state index contributed by atoms with van der Waals surface area (Å²) in [6, 6.07) is 0. The Kier molecular flexibility index (Phi) is 6.45. The van der Waals surface area contributed by atoms with Crippen molar-refractivity contribution in [1.82, 2.24) is 4.90 Å². The molecule has 1 fully saturated rings. The van der Waals surface area contributed by atoms with Gasteiger partial charge in [-0.2, -0.15) is 0 Å². The van der Waals surface area contributed by atoms with E-state index in [4.69, 9.17) is 10.9 Å². The summed E-state index contributed by atoms with van der Waals surface area (Å²) in [5, 5.41) is 12.2. The molecular weight excluding hydrogens is 278 g/mol. The van der Waals surface area contributed by atoms with Crippen LogP contribution < -0.4 is 5.73 Å². The molecule has 0 aromatic carbocycles. The topological polar surface area (TPSA) is 96.0 Å². The molecule has 0 spiro atoms. The van der Waals surface area contributed by atoms with Gasteiger partial charge in [0, 0.05) is 35.4 Å². The summed E-state index contributed by atoms with van der Waals surface area (Å²) in [4.78, 5) is 14.6. The summed E-state index contributed by atoms with van der Waals surface area (Å²) in [7, 11) is -0.829. The van der Waals surface area contributed by atoms with Crippen LogP contribution in [0.5, 0.6) is 0 Å². The molecule has 116 valence electrons. The minimum absolute atomic E-state index is 0.00195. The molecule has 0 aromatic heterocycles. The zero-order valence-corrected chi connectivity index (χ0v) is 13.1. The van der Waals surface area contributed by atoms with Crippen LogP contribution in [0, 0.1) is 5.41 Å². The molecule has 0 unspecified atom stereocenters. The molecule has 0 aromatic rings. The van der Waals surface area contributed by atoms with E-state index in [-0.39, 0.29) is 11.7 Å². The first-order chi connectivity index (χ1) is 9.51. The summed E-state index contributed by atoms with van der Waals surface area (Å²) >= 11 is 0. The number of oxime groups is 1. The van der Waals surface area contributed by atoms with Gasteiger partial charge in [0.05, 0.1) is 0 Å². The molecule has 1 rings (SSSR count). The monoisotopic (exact) mass is 303 g/mol. The Balaban J connectivity index is 3.01. The van der Waals surface area contributed by atoms with Crippen molar-refractivity contribution in [2.24, 2.45) is 16.3 Å². The fourth-order valence-electron chi connectivity index (χ4n) is 2.80. The molecule has 1 saturated heterocycles. The first-order valence-electron chi connectivity index (χ1n) is 7.14. The molecule has 20 heavy (non-hydrogen) atoms. The van der Waals surface area contributed by atoms with Crippen LogP contribution in [0.3, 0.4) is 0 Å². The van der Waals surface area contributed by atoms with Crippen LogP contribution in [0.4, 0.5) is 0 Å². The van der Waals surface area contributed by atoms with Gasteiger partial charge in [0.2, 0.25) is 5.91 Å². The second kappa shape index (κ2) is 7.61. The lowest BCUT2D eigenvalue weighted by Crippen LogP contribution is -2.54. The van der Waals surface area contributed by atoms with Crippen molar-refractivity contribution in [1.29, 1.82) is 0 Å². The number of nitrogens with two attached hydrogens (primary N) is 1. The number of hydrogen-bond donors (Lipinski definition) is 2. The summed E-state index contributed by atoms with van der Waals surface area (Å²) in [6.45, 7) is 4.93. The highest BCUT2D eigenvalue weighted by Gasteiger charge is 2.44. The average molecular weight is 303 g/mol. The molecular formula is C13H25N3O3S. The highest BCUT2D eigenvalue weighted by molar-refractivity contribution is 7.85. The fraction of sp³-hybridized carbons (Fsp3) is 0.846. The van der Waals surface area contributed by atoms with Gasteiger partial charge in [-0.3, -0.25) is 9.00 Å². The predicted molar refractivity (Wildman–Crippen MR) is 80.1 cm³/mol. The van der Waals surface area contributed by atoms with Crippen molar-refractivity contribution in [3.8, 4) is 0 Å². The third kappa shape index (κ3) is 3.50. The summed E-state index contributed by atoms with van der Waals surface area (Å²) in [5.41, 5.74) is 4.93. The highest BCUT2D eigenvalue weighted by Crippen LogP contribution is 2.33. The Morgan fingerprint density at radius 1 is 1.30 bits per heavy atom. The number of amidine groups is 1. The van der Waals surface area contributed by atoms with Gasteiger partial charge < -0.3 is 15.8 Å². The molecule has 0 bridgehead atoms. The maximum absolute atomic E-state index is 12.9. The van der Waals surface area contributed by atoms with Crippen molar-refractivity contribution in [3.05, 3.63) is 0 Å². The van der Waals surface area contributed by atoms with Crippen molar-refractivity contribution in [3.63, 3.8) is 0 Å². The van der Waals surface area contributed by atoms with Crippen molar-refractivity contribution in [2.45, 2.75) is 39.5 Å². The van der Waals surface area contributed by atoms with Crippen LogP contribution >= 0.6 is 0 Å². The van der Waals surface area contributed by atoms with Gasteiger partial charge in [-0.05, 0) is 12.8 Å². The Morgan fingerprint density at radius 3 is 2.20 bits per heavy atom. The van der Waals surface area contributed by atoms with Crippen LogP contribution in [0.25, 0.3) is 0 Å². The minimum atomic E-state index is -0.920. The fourth-order valence-corrected chi connectivity index (χ4v) is 3.85. The van der Waals surface area contributed by atoms with E-state index in [9.17, 15) is 9.00 Å². The molecule has 0 radical (unpaired) electrons. The number of carbonyl (C=O) groups excluding carboxylic acids is 1. The summed E-state index contributed by atoms with van der Waals surface area (Å²) in [6.07, 6.45) is 2.69. The van der Waals surface area contributed by atoms with Crippen LogP contribution in [-0.4, -0.2) is 50.7 Å². The average Bonchev–Trinajstić information content (AvgIpc) is 2.46. The number of carbonyl (C=O) groups is 1. The second-order valence-corrected chi connectivity index (χ2v) is 6.90. The van der Waals surface area contributed by atoms with Gasteiger partial charge in [-0.15, -0.1) is 0 Å². The van der Waals surface area contributed by atoms with E-state index in [0.29, 0.717) is 37.4 Å². The maximum Gasteiger partial charge on any atom is 0.236 e. The lowest BCUT2D eigenvalue weighted by atomic mass is 9.76. The highest BCUT2D eigenvalue weighted by atomic mass is 32.2. The molecule has 0 aliphatic carbocycles. The van der Waals surface area contributed by atoms with E-state index in [2.05, 4.69) is 5.16 Å². The van der Waals surface area contributed by atoms with Crippen LogP contribution in [0.15, 0.2) is 5.16 Å². The van der Waals surface area contributed by atoms with Gasteiger partial charge in [0.1, 0.15) is 5.41 Å². The van der Waals surface area contributed by atoms with Crippen molar-refractivity contribution in [2.75, 3.05) is 24.6 Å². The van der Waals surface area contributed by atoms with E-state index in [1.807, 2.05) is 13.8 Å². The lowest BCUT2D eigenvalue weighted by Gasteiger charge is -2.37. The molecule has 7 heteroatoms. The SMILES string of the molecule is CCCC(CCC)(C(=O)N1CCS(=O)CC1)C(N)=NO. The minimum Gasteiger partial charge on any atom is -0.409 e. The Morgan fingerprint density at radius 2 is 1.80 bits per heavy atom. The predicted octanol–water partition coefficient (Wildman–Crippen LogP) is 0.910. The van der Waals surface area contributed by atoms with Gasteiger partial charge in [-0.25, -0.2) is 0 Å². The Labute approximate surface area is 122 Å². The van der Waals surface area contributed by atoms with Gasteiger partial charge in [-0.1, -0.05) is 31.8 Å².